The summed E-state index contributed by atoms with van der Waals surface area (Å²) in [6.45, 7) is 4.17. The molecule has 0 bridgehead atoms. The molecule has 202 valence electrons. The number of carbonyl (C=O) groups is 1. The molecule has 1 heterocycles. The van der Waals surface area contributed by atoms with Crippen molar-refractivity contribution >= 4 is 27.3 Å². The number of benzene rings is 3. The van der Waals surface area contributed by atoms with E-state index in [1.807, 2.05) is 37.3 Å². The van der Waals surface area contributed by atoms with Crippen LogP contribution in [0.3, 0.4) is 0 Å². The molecule has 1 aliphatic rings. The zero-order valence-corrected chi connectivity index (χ0v) is 23.0. The minimum atomic E-state index is -4.04. The Morgan fingerprint density at radius 1 is 1.03 bits per heavy atom. The number of hydroxylamine groups is 1. The van der Waals surface area contributed by atoms with E-state index >= 15 is 0 Å². The lowest BCUT2D eigenvalue weighted by atomic mass is 9.95. The Hall–Kier alpha value is -2.91. The number of sulfone groups is 1. The van der Waals surface area contributed by atoms with Gasteiger partial charge in [-0.05, 0) is 85.3 Å². The van der Waals surface area contributed by atoms with Crippen LogP contribution in [0.1, 0.15) is 31.7 Å². The molecule has 1 amide bonds. The van der Waals surface area contributed by atoms with Crippen LogP contribution in [0.25, 0.3) is 11.1 Å². The van der Waals surface area contributed by atoms with E-state index in [1.165, 1.54) is 17.7 Å². The summed E-state index contributed by atoms with van der Waals surface area (Å²) >= 11 is 6.00. The monoisotopic (exact) mass is 556 g/mol. The third kappa shape index (κ3) is 6.04. The van der Waals surface area contributed by atoms with Gasteiger partial charge >= 0.3 is 0 Å². The largest absolute Gasteiger partial charge is 0.494 e. The lowest BCUT2D eigenvalue weighted by Crippen LogP contribution is -2.57. The highest BCUT2D eigenvalue weighted by molar-refractivity contribution is 7.93. The van der Waals surface area contributed by atoms with Crippen molar-refractivity contribution in [2.24, 2.45) is 0 Å². The maximum absolute atomic E-state index is 13.5. The van der Waals surface area contributed by atoms with Gasteiger partial charge < -0.3 is 9.64 Å². The third-order valence-electron chi connectivity index (χ3n) is 7.26. The Bertz CT molecular complexity index is 1340. The molecular formula is C29H33ClN2O5S. The van der Waals surface area contributed by atoms with Crippen LogP contribution in [-0.4, -0.2) is 55.4 Å². The van der Waals surface area contributed by atoms with E-state index in [0.29, 0.717) is 30.5 Å². The third-order valence-corrected chi connectivity index (χ3v) is 10.0. The predicted octanol–water partition coefficient (Wildman–Crippen LogP) is 5.15. The van der Waals surface area contributed by atoms with Crippen LogP contribution in [0.5, 0.6) is 5.75 Å². The zero-order chi connectivity index (χ0) is 27.2. The van der Waals surface area contributed by atoms with Crippen molar-refractivity contribution in [2.75, 3.05) is 26.2 Å². The number of ether oxygens (including phenoxy) is 1. The number of amides is 1. The molecular weight excluding hydrogens is 524 g/mol. The van der Waals surface area contributed by atoms with Crippen molar-refractivity contribution in [3.63, 3.8) is 0 Å². The molecule has 0 radical (unpaired) electrons. The molecule has 1 aliphatic heterocycles. The molecule has 3 aromatic rings. The Labute approximate surface area is 229 Å². The number of rotatable bonds is 10. The van der Waals surface area contributed by atoms with E-state index < -0.39 is 20.5 Å². The normalized spacial score (nSPS) is 15.7. The highest BCUT2D eigenvalue weighted by atomic mass is 35.5. The lowest BCUT2D eigenvalue weighted by molar-refractivity contribution is -0.133. The van der Waals surface area contributed by atoms with Crippen LogP contribution in [0.15, 0.2) is 77.7 Å². The molecule has 0 aromatic heterocycles. The van der Waals surface area contributed by atoms with E-state index in [4.69, 9.17) is 16.3 Å². The number of nitrogens with zero attached hydrogens (tertiary/aromatic N) is 1. The molecule has 3 aromatic carbocycles. The van der Waals surface area contributed by atoms with Gasteiger partial charge in [0.05, 0.1) is 11.5 Å². The van der Waals surface area contributed by atoms with Crippen LogP contribution in [-0.2, 0) is 21.1 Å². The summed E-state index contributed by atoms with van der Waals surface area (Å²) in [5.74, 6) is -0.325. The number of carbonyl (C=O) groups excluding carboxylic acids is 1. The number of hydrogen-bond donors (Lipinski definition) is 2. The van der Waals surface area contributed by atoms with Gasteiger partial charge in [0.15, 0.2) is 14.6 Å². The standard InChI is InChI=1S/C29H33ClN2O5S/c1-2-32-18-16-29(17-19-32,28(33)31-34)38(35,36)27-14-12-26(13-15-27)37-20-4-6-22-5-3-7-24(21-22)23-8-10-25(30)11-9-23/h3,5,7-15,21,34H,2,4,6,16-20H2,1H3,(H,31,33). The average molecular weight is 557 g/mol. The number of likely N-dealkylation sites (tertiary alicyclic amines) is 1. The fourth-order valence-electron chi connectivity index (χ4n) is 4.91. The maximum atomic E-state index is 13.5. The second kappa shape index (κ2) is 12.3. The Kier molecular flexibility index (Phi) is 9.10. The molecule has 9 heteroatoms. The van der Waals surface area contributed by atoms with Crippen molar-refractivity contribution in [1.29, 1.82) is 0 Å². The van der Waals surface area contributed by atoms with Gasteiger partial charge in [-0.2, -0.15) is 0 Å². The number of halogens is 1. The fraction of sp³-hybridized carbons (Fsp3) is 0.345. The smallest absolute Gasteiger partial charge is 0.265 e. The number of hydrogen-bond acceptors (Lipinski definition) is 6. The van der Waals surface area contributed by atoms with Crippen molar-refractivity contribution in [1.82, 2.24) is 10.4 Å². The van der Waals surface area contributed by atoms with Gasteiger partial charge in [-0.3, -0.25) is 10.0 Å². The van der Waals surface area contributed by atoms with Crippen LogP contribution < -0.4 is 10.2 Å². The first-order valence-corrected chi connectivity index (χ1v) is 14.6. The van der Waals surface area contributed by atoms with Gasteiger partial charge in [-0.25, -0.2) is 13.9 Å². The summed E-state index contributed by atoms with van der Waals surface area (Å²) in [6.07, 6.45) is 1.86. The molecule has 0 spiro atoms. The summed E-state index contributed by atoms with van der Waals surface area (Å²) < 4.78 is 31.2. The van der Waals surface area contributed by atoms with E-state index in [9.17, 15) is 18.4 Å². The summed E-state index contributed by atoms with van der Waals surface area (Å²) in [6, 6.07) is 22.3. The highest BCUT2D eigenvalue weighted by Gasteiger charge is 2.52. The topological polar surface area (TPSA) is 95.9 Å². The number of piperidine rings is 1. The predicted molar refractivity (Wildman–Crippen MR) is 148 cm³/mol. The van der Waals surface area contributed by atoms with E-state index in [0.717, 1.165) is 30.5 Å². The molecule has 7 nitrogen and oxygen atoms in total. The average Bonchev–Trinajstić information content (AvgIpc) is 2.95. The summed E-state index contributed by atoms with van der Waals surface area (Å²) in [4.78, 5) is 14.7. The van der Waals surface area contributed by atoms with Crippen molar-refractivity contribution in [3.05, 3.63) is 83.4 Å². The van der Waals surface area contributed by atoms with Crippen molar-refractivity contribution < 1.29 is 23.2 Å². The molecule has 2 N–H and O–H groups in total. The molecule has 38 heavy (non-hydrogen) atoms. The highest BCUT2D eigenvalue weighted by Crippen LogP contribution is 2.36. The fourth-order valence-corrected chi connectivity index (χ4v) is 6.99. The Balaban J connectivity index is 1.36. The van der Waals surface area contributed by atoms with Gasteiger partial charge in [-0.15, -0.1) is 0 Å². The molecule has 1 fully saturated rings. The van der Waals surface area contributed by atoms with Gasteiger partial charge in [-0.1, -0.05) is 54.9 Å². The Morgan fingerprint density at radius 2 is 1.71 bits per heavy atom. The lowest BCUT2D eigenvalue weighted by Gasteiger charge is -2.39. The first kappa shape index (κ1) is 28.1. The van der Waals surface area contributed by atoms with Gasteiger partial charge in [0.25, 0.3) is 5.91 Å². The van der Waals surface area contributed by atoms with Gasteiger partial charge in [0.1, 0.15) is 5.75 Å². The Morgan fingerprint density at radius 3 is 2.34 bits per heavy atom. The van der Waals surface area contributed by atoms with Crippen LogP contribution in [0.4, 0.5) is 0 Å². The molecule has 0 atom stereocenters. The van der Waals surface area contributed by atoms with Gasteiger partial charge in [0.2, 0.25) is 0 Å². The minimum Gasteiger partial charge on any atom is -0.494 e. The van der Waals surface area contributed by atoms with Crippen molar-refractivity contribution in [3.8, 4) is 16.9 Å². The van der Waals surface area contributed by atoms with E-state index in [-0.39, 0.29) is 17.7 Å². The number of aryl methyl sites for hydroxylation is 1. The first-order chi connectivity index (χ1) is 18.3. The SMILES string of the molecule is CCN1CCC(C(=O)NO)(S(=O)(=O)c2ccc(OCCCc3cccc(-c4ccc(Cl)cc4)c3)cc2)CC1. The van der Waals surface area contributed by atoms with Crippen LogP contribution in [0.2, 0.25) is 5.02 Å². The zero-order valence-electron chi connectivity index (χ0n) is 21.4. The quantitative estimate of drug-likeness (QED) is 0.204. The summed E-state index contributed by atoms with van der Waals surface area (Å²) in [5, 5.41) is 10.0. The number of nitrogens with one attached hydrogen (secondary N) is 1. The second-order valence-electron chi connectivity index (χ2n) is 9.50. The minimum absolute atomic E-state index is 0.0393. The molecule has 1 saturated heterocycles. The maximum Gasteiger partial charge on any atom is 0.265 e. The first-order valence-electron chi connectivity index (χ1n) is 12.8. The molecule has 0 saturated carbocycles. The van der Waals surface area contributed by atoms with Crippen LogP contribution in [0, 0.1) is 0 Å². The molecule has 0 unspecified atom stereocenters. The second-order valence-corrected chi connectivity index (χ2v) is 12.2. The molecule has 4 rings (SSSR count). The van der Waals surface area contributed by atoms with Crippen LogP contribution >= 0.6 is 11.6 Å². The molecule has 0 aliphatic carbocycles. The van der Waals surface area contributed by atoms with E-state index in [1.54, 1.807) is 17.6 Å². The van der Waals surface area contributed by atoms with Gasteiger partial charge in [0, 0.05) is 18.1 Å². The van der Waals surface area contributed by atoms with E-state index in [2.05, 4.69) is 23.1 Å². The van der Waals surface area contributed by atoms with Crippen molar-refractivity contribution in [2.45, 2.75) is 42.2 Å². The summed E-state index contributed by atoms with van der Waals surface area (Å²) in [5.41, 5.74) is 5.03. The summed E-state index contributed by atoms with van der Waals surface area (Å²) in [7, 11) is -4.04.